The van der Waals surface area contributed by atoms with E-state index in [1.807, 2.05) is 24.3 Å². The lowest BCUT2D eigenvalue weighted by atomic mass is 10.1. The normalized spacial score (nSPS) is 12.5. The molecule has 2 atom stereocenters. The van der Waals surface area contributed by atoms with Crippen molar-refractivity contribution in [2.75, 3.05) is 6.61 Å². The number of aliphatic hydroxyl groups is 1. The highest BCUT2D eigenvalue weighted by Gasteiger charge is 2.26. The molecule has 0 aliphatic carbocycles. The molecule has 2 aromatic carbocycles. The van der Waals surface area contributed by atoms with Gasteiger partial charge in [-0.05, 0) is 11.1 Å². The first kappa shape index (κ1) is 20.9. The van der Waals surface area contributed by atoms with Crippen LogP contribution in [0.4, 0.5) is 4.79 Å². The first-order valence-electron chi connectivity index (χ1n) is 8.64. The monoisotopic (exact) mass is 386 g/mol. The van der Waals surface area contributed by atoms with Crippen LogP contribution in [0.3, 0.4) is 0 Å². The molecule has 2 amide bonds. The Balaban J connectivity index is 2.03. The van der Waals surface area contributed by atoms with E-state index in [2.05, 4.69) is 10.6 Å². The Hall–Kier alpha value is -3.39. The fraction of sp³-hybridized carbons (Fsp3) is 0.250. The second kappa shape index (κ2) is 10.7. The predicted molar refractivity (Wildman–Crippen MR) is 100 cm³/mol. The SMILES string of the molecule is O=C(N[C@@H](Cc1ccccc1)C(=O)N[C@@H](CO)C(=O)O)OCc1ccccc1. The third-order valence-electron chi connectivity index (χ3n) is 3.90. The highest BCUT2D eigenvalue weighted by Crippen LogP contribution is 2.06. The van der Waals surface area contributed by atoms with E-state index in [9.17, 15) is 14.4 Å². The van der Waals surface area contributed by atoms with Crippen molar-refractivity contribution >= 4 is 18.0 Å². The van der Waals surface area contributed by atoms with Gasteiger partial charge in [0, 0.05) is 6.42 Å². The summed E-state index contributed by atoms with van der Waals surface area (Å²) in [7, 11) is 0. The number of carboxylic acids is 1. The molecule has 0 heterocycles. The maximum atomic E-state index is 12.5. The number of ether oxygens (including phenoxy) is 1. The minimum Gasteiger partial charge on any atom is -0.480 e. The van der Waals surface area contributed by atoms with Crippen LogP contribution in [0.15, 0.2) is 60.7 Å². The topological polar surface area (TPSA) is 125 Å². The van der Waals surface area contributed by atoms with Gasteiger partial charge in [-0.3, -0.25) is 4.79 Å². The average molecular weight is 386 g/mol. The number of carbonyl (C=O) groups excluding carboxylic acids is 2. The molecular weight excluding hydrogens is 364 g/mol. The lowest BCUT2D eigenvalue weighted by molar-refractivity contribution is -0.143. The first-order chi connectivity index (χ1) is 13.5. The van der Waals surface area contributed by atoms with Crippen molar-refractivity contribution in [2.45, 2.75) is 25.1 Å². The van der Waals surface area contributed by atoms with Gasteiger partial charge in [0.15, 0.2) is 0 Å². The minimum absolute atomic E-state index is 0.0285. The standard InChI is InChI=1S/C20H22N2O6/c23-12-17(19(25)26)21-18(24)16(11-14-7-3-1-4-8-14)22-20(27)28-13-15-9-5-2-6-10-15/h1-10,16-17,23H,11-13H2,(H,21,24)(H,22,27)(H,25,26)/t16-,17-/m0/s1. The summed E-state index contributed by atoms with van der Waals surface area (Å²) < 4.78 is 5.13. The molecule has 0 bridgehead atoms. The maximum Gasteiger partial charge on any atom is 0.408 e. The van der Waals surface area contributed by atoms with Gasteiger partial charge < -0.3 is 25.6 Å². The number of hydrogen-bond acceptors (Lipinski definition) is 5. The highest BCUT2D eigenvalue weighted by molar-refractivity contribution is 5.89. The molecule has 0 spiro atoms. The molecule has 0 aromatic heterocycles. The number of aliphatic hydroxyl groups excluding tert-OH is 1. The van der Waals surface area contributed by atoms with Crippen LogP contribution in [-0.2, 0) is 27.4 Å². The number of rotatable bonds is 9. The summed E-state index contributed by atoms with van der Waals surface area (Å²) in [5.74, 6) is -2.11. The quantitative estimate of drug-likeness (QED) is 0.511. The van der Waals surface area contributed by atoms with Gasteiger partial charge in [0.05, 0.1) is 6.61 Å². The molecule has 148 valence electrons. The summed E-state index contributed by atoms with van der Waals surface area (Å²) >= 11 is 0. The van der Waals surface area contributed by atoms with E-state index in [4.69, 9.17) is 14.9 Å². The number of alkyl carbamates (subject to hydrolysis) is 1. The van der Waals surface area contributed by atoms with Gasteiger partial charge in [-0.1, -0.05) is 60.7 Å². The molecule has 2 rings (SSSR count). The van der Waals surface area contributed by atoms with Crippen LogP contribution < -0.4 is 10.6 Å². The van der Waals surface area contributed by atoms with Gasteiger partial charge in [-0.15, -0.1) is 0 Å². The zero-order chi connectivity index (χ0) is 20.4. The number of amides is 2. The largest absolute Gasteiger partial charge is 0.480 e. The molecule has 28 heavy (non-hydrogen) atoms. The highest BCUT2D eigenvalue weighted by atomic mass is 16.5. The molecule has 0 saturated heterocycles. The van der Waals surface area contributed by atoms with E-state index in [1.165, 1.54) is 0 Å². The number of nitrogens with one attached hydrogen (secondary N) is 2. The fourth-order valence-corrected chi connectivity index (χ4v) is 2.42. The second-order valence-electron chi connectivity index (χ2n) is 6.03. The summed E-state index contributed by atoms with van der Waals surface area (Å²) in [5, 5.41) is 22.8. The van der Waals surface area contributed by atoms with E-state index in [-0.39, 0.29) is 13.0 Å². The van der Waals surface area contributed by atoms with Crippen LogP contribution in [-0.4, -0.2) is 46.9 Å². The Morgan fingerprint density at radius 3 is 1.96 bits per heavy atom. The van der Waals surface area contributed by atoms with Crippen LogP contribution in [0.25, 0.3) is 0 Å². The smallest absolute Gasteiger partial charge is 0.408 e. The van der Waals surface area contributed by atoms with Crippen molar-refractivity contribution in [3.8, 4) is 0 Å². The molecule has 0 unspecified atom stereocenters. The van der Waals surface area contributed by atoms with Crippen LogP contribution in [0.1, 0.15) is 11.1 Å². The Morgan fingerprint density at radius 1 is 0.857 bits per heavy atom. The molecule has 0 aliphatic heterocycles. The van der Waals surface area contributed by atoms with Crippen molar-refractivity contribution in [1.82, 2.24) is 10.6 Å². The van der Waals surface area contributed by atoms with Crippen LogP contribution >= 0.6 is 0 Å². The first-order valence-corrected chi connectivity index (χ1v) is 8.64. The van der Waals surface area contributed by atoms with Gasteiger partial charge in [-0.25, -0.2) is 9.59 Å². The molecule has 0 radical (unpaired) electrons. The van der Waals surface area contributed by atoms with E-state index in [0.717, 1.165) is 11.1 Å². The Kier molecular flexibility index (Phi) is 7.98. The summed E-state index contributed by atoms with van der Waals surface area (Å²) in [6.45, 7) is -0.738. The van der Waals surface area contributed by atoms with Gasteiger partial charge in [0.25, 0.3) is 0 Å². The third-order valence-corrected chi connectivity index (χ3v) is 3.90. The zero-order valence-corrected chi connectivity index (χ0v) is 15.1. The van der Waals surface area contributed by atoms with Gasteiger partial charge in [0.2, 0.25) is 5.91 Å². The summed E-state index contributed by atoms with van der Waals surface area (Å²) in [4.78, 5) is 35.6. The maximum absolute atomic E-state index is 12.5. The van der Waals surface area contributed by atoms with E-state index < -0.39 is 36.7 Å². The van der Waals surface area contributed by atoms with Crippen LogP contribution in [0, 0.1) is 0 Å². The Labute approximate surface area is 162 Å². The molecule has 4 N–H and O–H groups in total. The lowest BCUT2D eigenvalue weighted by Gasteiger charge is -2.20. The van der Waals surface area contributed by atoms with Crippen molar-refractivity contribution in [3.63, 3.8) is 0 Å². The Bertz CT molecular complexity index is 782. The molecule has 8 nitrogen and oxygen atoms in total. The van der Waals surface area contributed by atoms with E-state index in [1.54, 1.807) is 36.4 Å². The van der Waals surface area contributed by atoms with Crippen molar-refractivity contribution < 1.29 is 29.3 Å². The Morgan fingerprint density at radius 2 is 1.43 bits per heavy atom. The third kappa shape index (κ3) is 6.73. The van der Waals surface area contributed by atoms with Crippen molar-refractivity contribution in [2.24, 2.45) is 0 Å². The second-order valence-corrected chi connectivity index (χ2v) is 6.03. The zero-order valence-electron chi connectivity index (χ0n) is 15.1. The van der Waals surface area contributed by atoms with Crippen LogP contribution in [0.2, 0.25) is 0 Å². The molecule has 0 saturated carbocycles. The molecule has 8 heteroatoms. The number of benzene rings is 2. The number of hydrogen-bond donors (Lipinski definition) is 4. The lowest BCUT2D eigenvalue weighted by Crippen LogP contribution is -2.53. The number of carbonyl (C=O) groups is 3. The van der Waals surface area contributed by atoms with Gasteiger partial charge in [-0.2, -0.15) is 0 Å². The van der Waals surface area contributed by atoms with E-state index >= 15 is 0 Å². The molecular formula is C20H22N2O6. The van der Waals surface area contributed by atoms with E-state index in [0.29, 0.717) is 0 Å². The van der Waals surface area contributed by atoms with Crippen molar-refractivity contribution in [3.05, 3.63) is 71.8 Å². The molecule has 0 fully saturated rings. The number of carboxylic acid groups (broad SMARTS) is 1. The fourth-order valence-electron chi connectivity index (χ4n) is 2.42. The summed E-state index contributed by atoms with van der Waals surface area (Å²) in [6.07, 6.45) is -0.680. The minimum atomic E-state index is -1.46. The van der Waals surface area contributed by atoms with Gasteiger partial charge >= 0.3 is 12.1 Å². The summed E-state index contributed by atoms with van der Waals surface area (Å²) in [6, 6.07) is 15.4. The predicted octanol–water partition coefficient (Wildman–Crippen LogP) is 1.09. The molecule has 0 aliphatic rings. The van der Waals surface area contributed by atoms with Crippen LogP contribution in [0.5, 0.6) is 0 Å². The summed E-state index contributed by atoms with van der Waals surface area (Å²) in [5.41, 5.74) is 1.55. The van der Waals surface area contributed by atoms with Crippen molar-refractivity contribution in [1.29, 1.82) is 0 Å². The molecule has 2 aromatic rings. The van der Waals surface area contributed by atoms with Gasteiger partial charge in [0.1, 0.15) is 18.7 Å². The average Bonchev–Trinajstić information content (AvgIpc) is 2.71. The number of aliphatic carboxylic acids is 1.